The van der Waals surface area contributed by atoms with Crippen molar-refractivity contribution < 1.29 is 19.1 Å². The highest BCUT2D eigenvalue weighted by atomic mass is 16.6. The lowest BCUT2D eigenvalue weighted by atomic mass is 10.2. The minimum Gasteiger partial charge on any atom is -0.464 e. The van der Waals surface area contributed by atoms with Gasteiger partial charge in [0.05, 0.1) is 19.3 Å². The largest absolute Gasteiger partial charge is 0.464 e. The van der Waals surface area contributed by atoms with Gasteiger partial charge in [-0.25, -0.2) is 14.3 Å². The van der Waals surface area contributed by atoms with Crippen molar-refractivity contribution in [1.29, 1.82) is 0 Å². The van der Waals surface area contributed by atoms with E-state index in [4.69, 9.17) is 10.5 Å². The normalized spacial score (nSPS) is 11.1. The summed E-state index contributed by atoms with van der Waals surface area (Å²) in [4.78, 5) is 23.2. The molecule has 0 saturated carbocycles. The number of hydrogen-bond acceptors (Lipinski definition) is 7. The van der Waals surface area contributed by atoms with Crippen molar-refractivity contribution in [1.82, 2.24) is 20.3 Å². The molecule has 1 rings (SSSR count). The van der Waals surface area contributed by atoms with Crippen LogP contribution in [-0.2, 0) is 22.4 Å². The molecule has 0 aliphatic carbocycles. The number of amides is 1. The lowest BCUT2D eigenvalue weighted by molar-refractivity contribution is 0.0528. The van der Waals surface area contributed by atoms with Crippen molar-refractivity contribution in [2.24, 2.45) is 5.73 Å². The predicted octanol–water partition coefficient (Wildman–Crippen LogP) is 0.0906. The summed E-state index contributed by atoms with van der Waals surface area (Å²) in [6.07, 6.45) is -0.165. The second-order valence-corrected chi connectivity index (χ2v) is 5.57. The Morgan fingerprint density at radius 3 is 2.59 bits per heavy atom. The van der Waals surface area contributed by atoms with E-state index in [0.717, 1.165) is 0 Å². The predicted molar refractivity (Wildman–Crippen MR) is 78.4 cm³/mol. The van der Waals surface area contributed by atoms with E-state index < -0.39 is 17.7 Å². The molecule has 9 nitrogen and oxygen atoms in total. The van der Waals surface area contributed by atoms with E-state index >= 15 is 0 Å². The molecule has 0 atom stereocenters. The summed E-state index contributed by atoms with van der Waals surface area (Å²) < 4.78 is 11.3. The first-order chi connectivity index (χ1) is 10.3. The Hall–Kier alpha value is -2.16. The summed E-state index contributed by atoms with van der Waals surface area (Å²) in [6, 6.07) is 0. The first kappa shape index (κ1) is 17.9. The van der Waals surface area contributed by atoms with Crippen LogP contribution in [0.3, 0.4) is 0 Å². The van der Waals surface area contributed by atoms with E-state index in [1.807, 2.05) is 0 Å². The molecule has 0 radical (unpaired) electrons. The Bertz CT molecular complexity index is 521. The van der Waals surface area contributed by atoms with Crippen molar-refractivity contribution >= 4 is 12.1 Å². The molecule has 1 amide bonds. The fourth-order valence-corrected chi connectivity index (χ4v) is 1.73. The van der Waals surface area contributed by atoms with Crippen LogP contribution in [0.1, 0.15) is 37.0 Å². The summed E-state index contributed by atoms with van der Waals surface area (Å²) in [6.45, 7) is 6.39. The number of carbonyl (C=O) groups excluding carboxylic acids is 2. The van der Waals surface area contributed by atoms with Crippen LogP contribution in [-0.4, -0.2) is 52.9 Å². The molecule has 1 aromatic rings. The third-order valence-electron chi connectivity index (χ3n) is 2.59. The summed E-state index contributed by atoms with van der Waals surface area (Å²) in [5.74, 6) is -0.574. The fraction of sp³-hybridized carbons (Fsp3) is 0.692. The zero-order valence-electron chi connectivity index (χ0n) is 13.4. The van der Waals surface area contributed by atoms with Crippen LogP contribution in [0.25, 0.3) is 0 Å². The first-order valence-electron chi connectivity index (χ1n) is 6.96. The van der Waals surface area contributed by atoms with Gasteiger partial charge in [-0.05, 0) is 20.8 Å². The number of alkyl carbamates (subject to hydrolysis) is 1. The molecule has 0 bridgehead atoms. The van der Waals surface area contributed by atoms with E-state index in [0.29, 0.717) is 25.2 Å². The molecular weight excluding hydrogens is 290 g/mol. The molecule has 3 N–H and O–H groups in total. The summed E-state index contributed by atoms with van der Waals surface area (Å²) >= 11 is 0. The highest BCUT2D eigenvalue weighted by Gasteiger charge is 2.21. The SMILES string of the molecule is COC(=O)c1nnn(CCN)c1CCNC(=O)OC(C)(C)C. The van der Waals surface area contributed by atoms with Crippen LogP contribution >= 0.6 is 0 Å². The average Bonchev–Trinajstić information content (AvgIpc) is 2.79. The molecule has 1 heterocycles. The van der Waals surface area contributed by atoms with E-state index in [2.05, 4.69) is 20.4 Å². The number of ether oxygens (including phenoxy) is 2. The Balaban J connectivity index is 2.69. The van der Waals surface area contributed by atoms with E-state index in [9.17, 15) is 9.59 Å². The Morgan fingerprint density at radius 2 is 2.05 bits per heavy atom. The van der Waals surface area contributed by atoms with Crippen molar-refractivity contribution in [3.05, 3.63) is 11.4 Å². The van der Waals surface area contributed by atoms with Crippen molar-refractivity contribution in [2.45, 2.75) is 39.3 Å². The Kier molecular flexibility index (Phi) is 6.29. The number of nitrogens with zero attached hydrogens (tertiary/aromatic N) is 3. The minimum atomic E-state index is -0.574. The molecule has 22 heavy (non-hydrogen) atoms. The highest BCUT2D eigenvalue weighted by molar-refractivity contribution is 5.88. The van der Waals surface area contributed by atoms with Crippen LogP contribution in [0.15, 0.2) is 0 Å². The van der Waals surface area contributed by atoms with E-state index in [1.54, 1.807) is 20.8 Å². The second kappa shape index (κ2) is 7.74. The van der Waals surface area contributed by atoms with Gasteiger partial charge in [-0.3, -0.25) is 0 Å². The summed E-state index contributed by atoms with van der Waals surface area (Å²) in [5, 5.41) is 10.3. The van der Waals surface area contributed by atoms with Gasteiger partial charge in [-0.2, -0.15) is 0 Å². The maximum Gasteiger partial charge on any atom is 0.407 e. The molecule has 1 aromatic heterocycles. The van der Waals surface area contributed by atoms with Crippen LogP contribution in [0, 0.1) is 0 Å². The van der Waals surface area contributed by atoms with Gasteiger partial charge in [0.15, 0.2) is 5.69 Å². The van der Waals surface area contributed by atoms with Gasteiger partial charge >= 0.3 is 12.1 Å². The summed E-state index contributed by atoms with van der Waals surface area (Å²) in [7, 11) is 1.27. The first-order valence-corrected chi connectivity index (χ1v) is 6.96. The number of hydrogen-bond donors (Lipinski definition) is 2. The standard InChI is InChI=1S/C13H23N5O4/c1-13(2,3)22-12(20)15-7-5-9-10(11(19)21-4)16-17-18(9)8-6-14/h5-8,14H2,1-4H3,(H,15,20). The lowest BCUT2D eigenvalue weighted by Crippen LogP contribution is -2.34. The number of aromatic nitrogens is 3. The molecule has 9 heteroatoms. The Morgan fingerprint density at radius 1 is 1.36 bits per heavy atom. The molecule has 0 aromatic carbocycles. The number of methoxy groups -OCH3 is 1. The van der Waals surface area contributed by atoms with Crippen LogP contribution in [0.2, 0.25) is 0 Å². The maximum absolute atomic E-state index is 11.7. The molecule has 0 saturated heterocycles. The third kappa shape index (κ3) is 5.32. The van der Waals surface area contributed by atoms with Crippen LogP contribution in [0.5, 0.6) is 0 Å². The quantitative estimate of drug-likeness (QED) is 0.714. The van der Waals surface area contributed by atoms with Gasteiger partial charge < -0.3 is 20.5 Å². The smallest absolute Gasteiger partial charge is 0.407 e. The fourth-order valence-electron chi connectivity index (χ4n) is 1.73. The molecule has 0 unspecified atom stereocenters. The minimum absolute atomic E-state index is 0.127. The summed E-state index contributed by atoms with van der Waals surface area (Å²) in [5.41, 5.74) is 5.62. The van der Waals surface area contributed by atoms with E-state index in [-0.39, 0.29) is 12.2 Å². The number of nitrogens with one attached hydrogen (secondary N) is 1. The Labute approximate surface area is 129 Å². The second-order valence-electron chi connectivity index (χ2n) is 5.57. The van der Waals surface area contributed by atoms with Gasteiger partial charge in [0.1, 0.15) is 5.60 Å². The molecular formula is C13H23N5O4. The average molecular weight is 313 g/mol. The van der Waals surface area contributed by atoms with Crippen molar-refractivity contribution in [2.75, 3.05) is 20.2 Å². The topological polar surface area (TPSA) is 121 Å². The van der Waals surface area contributed by atoms with Gasteiger partial charge in [-0.1, -0.05) is 5.21 Å². The van der Waals surface area contributed by atoms with Gasteiger partial charge in [0.25, 0.3) is 0 Å². The number of carbonyl (C=O) groups is 2. The number of esters is 1. The lowest BCUT2D eigenvalue weighted by Gasteiger charge is -2.19. The molecule has 124 valence electrons. The molecule has 0 aliphatic rings. The highest BCUT2D eigenvalue weighted by Crippen LogP contribution is 2.09. The third-order valence-corrected chi connectivity index (χ3v) is 2.59. The van der Waals surface area contributed by atoms with Gasteiger partial charge in [0, 0.05) is 19.5 Å². The maximum atomic E-state index is 11.7. The number of rotatable bonds is 6. The van der Waals surface area contributed by atoms with Crippen molar-refractivity contribution in [3.63, 3.8) is 0 Å². The molecule has 0 fully saturated rings. The van der Waals surface area contributed by atoms with Crippen LogP contribution in [0.4, 0.5) is 4.79 Å². The van der Waals surface area contributed by atoms with Crippen molar-refractivity contribution in [3.8, 4) is 0 Å². The van der Waals surface area contributed by atoms with Gasteiger partial charge in [-0.15, -0.1) is 5.10 Å². The zero-order chi connectivity index (χ0) is 16.8. The molecule has 0 aliphatic heterocycles. The van der Waals surface area contributed by atoms with Gasteiger partial charge in [0.2, 0.25) is 0 Å². The molecule has 0 spiro atoms. The van der Waals surface area contributed by atoms with Crippen LogP contribution < -0.4 is 11.1 Å². The number of nitrogens with two attached hydrogens (primary N) is 1. The zero-order valence-corrected chi connectivity index (χ0v) is 13.4. The van der Waals surface area contributed by atoms with E-state index in [1.165, 1.54) is 11.8 Å². The monoisotopic (exact) mass is 313 g/mol.